The maximum absolute atomic E-state index is 12.9. The Kier molecular flexibility index (Phi) is 5.53. The van der Waals surface area contributed by atoms with E-state index in [0.29, 0.717) is 17.1 Å². The van der Waals surface area contributed by atoms with Gasteiger partial charge in [0, 0.05) is 10.0 Å². The van der Waals surface area contributed by atoms with Gasteiger partial charge >= 0.3 is 0 Å². The van der Waals surface area contributed by atoms with Crippen molar-refractivity contribution in [1.29, 1.82) is 5.26 Å². The van der Waals surface area contributed by atoms with E-state index in [1.807, 2.05) is 12.1 Å². The van der Waals surface area contributed by atoms with Gasteiger partial charge in [-0.15, -0.1) is 0 Å². The van der Waals surface area contributed by atoms with Gasteiger partial charge in [0.15, 0.2) is 0 Å². The molecule has 2 rings (SSSR count). The lowest BCUT2D eigenvalue weighted by molar-refractivity contribution is 0.151. The average molecular weight is 464 g/mol. The number of nitrogens with zero attached hydrogens (tertiary/aromatic N) is 1. The van der Waals surface area contributed by atoms with Gasteiger partial charge in [-0.3, -0.25) is 0 Å². The summed E-state index contributed by atoms with van der Waals surface area (Å²) in [6.07, 6.45) is -2.54. The minimum atomic E-state index is -2.60. The van der Waals surface area contributed by atoms with E-state index in [1.54, 1.807) is 18.2 Å². The molecule has 0 amide bonds. The molecule has 0 heterocycles. The lowest BCUT2D eigenvalue weighted by Gasteiger charge is -2.11. The molecule has 0 aliphatic carbocycles. The number of nitriles is 1. The highest BCUT2D eigenvalue weighted by Gasteiger charge is 2.12. The Balaban J connectivity index is 2.39. The van der Waals surface area contributed by atoms with Crippen LogP contribution in [-0.4, -0.2) is 0 Å². The second kappa shape index (κ2) is 7.18. The summed E-state index contributed by atoms with van der Waals surface area (Å²) in [4.78, 5) is 0. The van der Waals surface area contributed by atoms with Crippen LogP contribution in [0.1, 0.15) is 17.6 Å². The van der Waals surface area contributed by atoms with Crippen LogP contribution in [0.4, 0.5) is 8.78 Å². The number of hydrogen-bond acceptors (Lipinski definition) is 2. The molecule has 0 aromatic heterocycles. The summed E-state index contributed by atoms with van der Waals surface area (Å²) >= 11 is 5.49. The largest absolute Gasteiger partial charge is 0.456 e. The van der Waals surface area contributed by atoms with Gasteiger partial charge in [0.2, 0.25) is 0 Å². The summed E-state index contributed by atoms with van der Waals surface area (Å²) in [5, 5.41) is 8.72. The van der Waals surface area contributed by atoms with Crippen LogP contribution >= 0.6 is 38.5 Å². The number of ether oxygens (including phenoxy) is 1. The predicted molar refractivity (Wildman–Crippen MR) is 87.6 cm³/mol. The van der Waals surface area contributed by atoms with Gasteiger partial charge in [0.05, 0.1) is 16.1 Å². The third-order valence-corrected chi connectivity index (χ3v) is 5.18. The van der Waals surface area contributed by atoms with Crippen LogP contribution in [0, 0.1) is 14.9 Å². The quantitative estimate of drug-likeness (QED) is 0.533. The van der Waals surface area contributed by atoms with Gasteiger partial charge in [-0.1, -0.05) is 6.07 Å². The SMILES string of the molecule is N#CCc1cc(Oc2cccc(Br)c2I)cc(C(F)F)c1. The first-order chi connectivity index (χ1) is 10.0. The summed E-state index contributed by atoms with van der Waals surface area (Å²) in [6.45, 7) is 0. The molecule has 6 heteroatoms. The van der Waals surface area contributed by atoms with E-state index in [4.69, 9.17) is 10.00 Å². The monoisotopic (exact) mass is 463 g/mol. The Bertz CT molecular complexity index is 701. The minimum absolute atomic E-state index is 0.0620. The van der Waals surface area contributed by atoms with E-state index in [1.165, 1.54) is 12.1 Å². The van der Waals surface area contributed by atoms with E-state index in [2.05, 4.69) is 38.5 Å². The van der Waals surface area contributed by atoms with Crippen molar-refractivity contribution in [3.05, 3.63) is 55.6 Å². The van der Waals surface area contributed by atoms with Crippen LogP contribution < -0.4 is 4.74 Å². The highest BCUT2D eigenvalue weighted by Crippen LogP contribution is 2.34. The zero-order valence-corrected chi connectivity index (χ0v) is 14.4. The van der Waals surface area contributed by atoms with Gasteiger partial charge in [0.25, 0.3) is 6.43 Å². The molecule has 0 atom stereocenters. The summed E-state index contributed by atoms with van der Waals surface area (Å²) in [5.74, 6) is 0.869. The van der Waals surface area contributed by atoms with Crippen molar-refractivity contribution in [1.82, 2.24) is 0 Å². The van der Waals surface area contributed by atoms with Crippen LogP contribution in [0.15, 0.2) is 40.9 Å². The Hall–Kier alpha value is -1.20. The van der Waals surface area contributed by atoms with E-state index >= 15 is 0 Å². The molecule has 0 bridgehead atoms. The molecular formula is C15H9BrF2INO. The van der Waals surface area contributed by atoms with E-state index < -0.39 is 6.43 Å². The van der Waals surface area contributed by atoms with Crippen molar-refractivity contribution in [2.24, 2.45) is 0 Å². The highest BCUT2D eigenvalue weighted by molar-refractivity contribution is 14.1. The molecule has 0 aliphatic heterocycles. The lowest BCUT2D eigenvalue weighted by atomic mass is 10.1. The van der Waals surface area contributed by atoms with Crippen LogP contribution in [-0.2, 0) is 6.42 Å². The molecule has 0 saturated heterocycles. The molecule has 21 heavy (non-hydrogen) atoms. The molecular weight excluding hydrogens is 455 g/mol. The standard InChI is InChI=1S/C15H9BrF2INO/c16-12-2-1-3-13(14(12)19)21-11-7-9(4-5-20)6-10(8-11)15(17)18/h1-3,6-8,15H,4H2. The molecule has 0 radical (unpaired) electrons. The van der Waals surface area contributed by atoms with Crippen molar-refractivity contribution in [3.63, 3.8) is 0 Å². The molecule has 0 aliphatic rings. The molecule has 2 aromatic carbocycles. The van der Waals surface area contributed by atoms with Crippen LogP contribution in [0.3, 0.4) is 0 Å². The molecule has 0 N–H and O–H groups in total. The molecule has 0 fully saturated rings. The van der Waals surface area contributed by atoms with Gasteiger partial charge < -0.3 is 4.74 Å². The fourth-order valence-electron chi connectivity index (χ4n) is 1.75. The predicted octanol–water partition coefficient (Wildman–Crippen LogP) is 5.85. The van der Waals surface area contributed by atoms with Crippen LogP contribution in [0.5, 0.6) is 11.5 Å². The third-order valence-electron chi connectivity index (χ3n) is 2.67. The average Bonchev–Trinajstić information content (AvgIpc) is 2.44. The fourth-order valence-corrected chi connectivity index (χ4v) is 2.57. The van der Waals surface area contributed by atoms with Crippen molar-refractivity contribution >= 4 is 38.5 Å². The van der Waals surface area contributed by atoms with E-state index in [0.717, 1.165) is 8.04 Å². The van der Waals surface area contributed by atoms with E-state index in [-0.39, 0.29) is 12.0 Å². The first-order valence-corrected chi connectivity index (χ1v) is 7.79. The summed E-state index contributed by atoms with van der Waals surface area (Å²) in [5.41, 5.74) is 0.359. The van der Waals surface area contributed by atoms with Gasteiger partial charge in [-0.05, 0) is 74.4 Å². The lowest BCUT2D eigenvalue weighted by Crippen LogP contribution is -1.94. The van der Waals surface area contributed by atoms with Crippen LogP contribution in [0.25, 0.3) is 0 Å². The van der Waals surface area contributed by atoms with Crippen molar-refractivity contribution in [3.8, 4) is 17.6 Å². The van der Waals surface area contributed by atoms with Crippen molar-refractivity contribution in [2.45, 2.75) is 12.8 Å². The number of rotatable bonds is 4. The number of benzene rings is 2. The molecule has 0 saturated carbocycles. The topological polar surface area (TPSA) is 33.0 Å². The van der Waals surface area contributed by atoms with Gasteiger partial charge in [-0.25, -0.2) is 8.78 Å². The van der Waals surface area contributed by atoms with Gasteiger partial charge in [-0.2, -0.15) is 5.26 Å². The molecule has 0 unspecified atom stereocenters. The number of alkyl halides is 2. The number of halogens is 4. The molecule has 2 aromatic rings. The third kappa shape index (κ3) is 4.14. The summed E-state index contributed by atoms with van der Waals surface area (Å²) in [7, 11) is 0. The van der Waals surface area contributed by atoms with Crippen LogP contribution in [0.2, 0.25) is 0 Å². The maximum Gasteiger partial charge on any atom is 0.263 e. The Morgan fingerprint density at radius 2 is 2.05 bits per heavy atom. The number of hydrogen-bond donors (Lipinski definition) is 0. The minimum Gasteiger partial charge on any atom is -0.456 e. The zero-order chi connectivity index (χ0) is 15.4. The maximum atomic E-state index is 12.9. The first kappa shape index (κ1) is 16.2. The van der Waals surface area contributed by atoms with E-state index in [9.17, 15) is 8.78 Å². The summed E-state index contributed by atoms with van der Waals surface area (Å²) in [6, 6.07) is 11.6. The smallest absolute Gasteiger partial charge is 0.263 e. The van der Waals surface area contributed by atoms with Crippen molar-refractivity contribution in [2.75, 3.05) is 0 Å². The normalized spacial score (nSPS) is 10.5. The Morgan fingerprint density at radius 3 is 2.71 bits per heavy atom. The zero-order valence-electron chi connectivity index (χ0n) is 10.6. The van der Waals surface area contributed by atoms with Gasteiger partial charge in [0.1, 0.15) is 11.5 Å². The fraction of sp³-hybridized carbons (Fsp3) is 0.133. The summed E-state index contributed by atoms with van der Waals surface area (Å²) < 4.78 is 33.2. The first-order valence-electron chi connectivity index (χ1n) is 5.92. The highest BCUT2D eigenvalue weighted by atomic mass is 127. The molecule has 0 spiro atoms. The molecule has 2 nitrogen and oxygen atoms in total. The Labute approximate surface area is 143 Å². The van der Waals surface area contributed by atoms with Crippen molar-refractivity contribution < 1.29 is 13.5 Å². The second-order valence-corrected chi connectivity index (χ2v) is 6.13. The second-order valence-electron chi connectivity index (χ2n) is 4.20. The Morgan fingerprint density at radius 1 is 1.29 bits per heavy atom. The molecule has 108 valence electrons.